The highest BCUT2D eigenvalue weighted by atomic mass is 16.6. The molecule has 8 heteroatoms. The number of benzene rings is 2. The maximum atomic E-state index is 13.3. The first-order valence-corrected chi connectivity index (χ1v) is 13.2. The van der Waals surface area contributed by atoms with E-state index < -0.39 is 17.3 Å². The molecule has 0 bridgehead atoms. The van der Waals surface area contributed by atoms with Gasteiger partial charge < -0.3 is 20.1 Å². The molecule has 1 saturated carbocycles. The molecule has 2 fully saturated rings. The monoisotopic (exact) mass is 514 g/mol. The number of cyclic esters (lactones) is 1. The zero-order chi connectivity index (χ0) is 26.9. The van der Waals surface area contributed by atoms with Crippen LogP contribution in [0.1, 0.15) is 74.1 Å². The summed E-state index contributed by atoms with van der Waals surface area (Å²) in [7, 11) is 0. The standard InChI is InChI=1S/C30H34N4O4/c1-20(34-18-17-30(38-28(34)36,19-29(2,3)37)23-7-5-4-6-8-23)21-9-11-22(12-10-21)25-15-16-26(33-32-25)27(35)31-24-13-14-24/h4-12,15-16,20,24,37H,13-14,17-19H2,1-3H3,(H,31,35)/t20-,30-/m0/s1. The van der Waals surface area contributed by atoms with Crippen LogP contribution in [0, 0.1) is 0 Å². The summed E-state index contributed by atoms with van der Waals surface area (Å²) in [6, 6.07) is 21.0. The number of carbonyl (C=O) groups is 2. The molecule has 198 valence electrons. The van der Waals surface area contributed by atoms with Gasteiger partial charge in [0.05, 0.1) is 17.3 Å². The van der Waals surface area contributed by atoms with Gasteiger partial charge in [0.15, 0.2) is 5.69 Å². The fourth-order valence-corrected chi connectivity index (χ4v) is 5.10. The summed E-state index contributed by atoms with van der Waals surface area (Å²) in [5.41, 5.74) is 1.84. The zero-order valence-corrected chi connectivity index (χ0v) is 22.1. The van der Waals surface area contributed by atoms with Gasteiger partial charge in [0, 0.05) is 31.0 Å². The third kappa shape index (κ3) is 5.70. The molecule has 5 rings (SSSR count). The van der Waals surface area contributed by atoms with E-state index in [-0.39, 0.29) is 18.0 Å². The SMILES string of the molecule is C[C@@H](c1ccc(-c2ccc(C(=O)NC3CC3)nn2)cc1)N1CC[C@](CC(C)(C)O)(c2ccccc2)OC1=O. The largest absolute Gasteiger partial charge is 0.438 e. The molecule has 2 atom stereocenters. The van der Waals surface area contributed by atoms with Crippen LogP contribution in [0.25, 0.3) is 11.3 Å². The first-order valence-electron chi connectivity index (χ1n) is 13.2. The van der Waals surface area contributed by atoms with Gasteiger partial charge in [-0.15, -0.1) is 10.2 Å². The van der Waals surface area contributed by atoms with Gasteiger partial charge in [-0.25, -0.2) is 4.79 Å². The van der Waals surface area contributed by atoms with Gasteiger partial charge in [-0.2, -0.15) is 0 Å². The number of ether oxygens (including phenoxy) is 1. The molecule has 2 heterocycles. The van der Waals surface area contributed by atoms with E-state index in [1.165, 1.54) is 0 Å². The lowest BCUT2D eigenvalue weighted by Gasteiger charge is -2.45. The van der Waals surface area contributed by atoms with Crippen molar-refractivity contribution in [1.29, 1.82) is 0 Å². The van der Waals surface area contributed by atoms with Gasteiger partial charge in [0.2, 0.25) is 0 Å². The molecular weight excluding hydrogens is 480 g/mol. The van der Waals surface area contributed by atoms with E-state index in [4.69, 9.17) is 4.74 Å². The predicted octanol–water partition coefficient (Wildman–Crippen LogP) is 5.00. The molecule has 2 aromatic carbocycles. The van der Waals surface area contributed by atoms with Crippen molar-refractivity contribution in [2.45, 2.75) is 69.7 Å². The summed E-state index contributed by atoms with van der Waals surface area (Å²) in [5, 5.41) is 21.8. The van der Waals surface area contributed by atoms with Crippen LogP contribution in [0.2, 0.25) is 0 Å². The fraction of sp³-hybridized carbons (Fsp3) is 0.400. The van der Waals surface area contributed by atoms with Crippen LogP contribution in [0.3, 0.4) is 0 Å². The number of hydrogen-bond acceptors (Lipinski definition) is 6. The second-order valence-electron chi connectivity index (χ2n) is 11.0. The van der Waals surface area contributed by atoms with Crippen molar-refractivity contribution in [3.8, 4) is 11.3 Å². The molecule has 1 aliphatic carbocycles. The lowest BCUT2D eigenvalue weighted by atomic mass is 9.80. The molecule has 0 spiro atoms. The Morgan fingerprint density at radius 2 is 1.82 bits per heavy atom. The number of aliphatic hydroxyl groups is 1. The van der Waals surface area contributed by atoms with E-state index in [1.807, 2.05) is 61.5 Å². The summed E-state index contributed by atoms with van der Waals surface area (Å²) < 4.78 is 6.12. The Bertz CT molecular complexity index is 1280. The van der Waals surface area contributed by atoms with Crippen molar-refractivity contribution in [1.82, 2.24) is 20.4 Å². The van der Waals surface area contributed by atoms with E-state index in [0.717, 1.165) is 29.5 Å². The van der Waals surface area contributed by atoms with E-state index >= 15 is 0 Å². The molecule has 38 heavy (non-hydrogen) atoms. The van der Waals surface area contributed by atoms with Gasteiger partial charge in [0.1, 0.15) is 5.60 Å². The van der Waals surface area contributed by atoms with E-state index in [0.29, 0.717) is 30.8 Å². The van der Waals surface area contributed by atoms with Gasteiger partial charge in [-0.3, -0.25) is 4.79 Å². The number of hydrogen-bond donors (Lipinski definition) is 2. The number of carbonyl (C=O) groups excluding carboxylic acids is 2. The summed E-state index contributed by atoms with van der Waals surface area (Å²) >= 11 is 0. The number of amides is 2. The maximum Gasteiger partial charge on any atom is 0.411 e. The highest BCUT2D eigenvalue weighted by molar-refractivity contribution is 5.92. The molecule has 3 aromatic rings. The fourth-order valence-electron chi connectivity index (χ4n) is 5.10. The number of rotatable bonds is 8. The number of nitrogens with zero attached hydrogens (tertiary/aromatic N) is 3. The third-order valence-corrected chi connectivity index (χ3v) is 7.26. The van der Waals surface area contributed by atoms with Crippen LogP contribution in [0.15, 0.2) is 66.7 Å². The maximum absolute atomic E-state index is 13.3. The molecule has 1 aliphatic heterocycles. The minimum absolute atomic E-state index is 0.192. The lowest BCUT2D eigenvalue weighted by molar-refractivity contribution is -0.101. The second kappa shape index (κ2) is 10.2. The van der Waals surface area contributed by atoms with Crippen molar-refractivity contribution in [2.75, 3.05) is 6.54 Å². The smallest absolute Gasteiger partial charge is 0.411 e. The summed E-state index contributed by atoms with van der Waals surface area (Å²) in [4.78, 5) is 27.2. The Morgan fingerprint density at radius 3 is 2.39 bits per heavy atom. The molecule has 1 aromatic heterocycles. The quantitative estimate of drug-likeness (QED) is 0.439. The minimum Gasteiger partial charge on any atom is -0.438 e. The van der Waals surface area contributed by atoms with Crippen LogP contribution in [0.4, 0.5) is 4.79 Å². The Kier molecular flexibility index (Phi) is 6.92. The van der Waals surface area contributed by atoms with Crippen molar-refractivity contribution >= 4 is 12.0 Å². The topological polar surface area (TPSA) is 105 Å². The van der Waals surface area contributed by atoms with Crippen molar-refractivity contribution < 1.29 is 19.4 Å². The Morgan fingerprint density at radius 1 is 1.11 bits per heavy atom. The van der Waals surface area contributed by atoms with Crippen LogP contribution < -0.4 is 5.32 Å². The molecule has 2 amide bonds. The molecule has 1 saturated heterocycles. The third-order valence-electron chi connectivity index (χ3n) is 7.26. The van der Waals surface area contributed by atoms with Crippen LogP contribution in [-0.4, -0.2) is 50.4 Å². The molecule has 0 radical (unpaired) electrons. The minimum atomic E-state index is -0.998. The number of aromatic nitrogens is 2. The molecular formula is C30H34N4O4. The second-order valence-corrected chi connectivity index (χ2v) is 11.0. The van der Waals surface area contributed by atoms with Gasteiger partial charge >= 0.3 is 6.09 Å². The Labute approximate surface area is 223 Å². The molecule has 0 unspecified atom stereocenters. The van der Waals surface area contributed by atoms with Crippen LogP contribution >= 0.6 is 0 Å². The van der Waals surface area contributed by atoms with Gasteiger partial charge in [-0.05, 0) is 56.9 Å². The molecule has 2 N–H and O–H groups in total. The first-order chi connectivity index (χ1) is 18.1. The predicted molar refractivity (Wildman–Crippen MR) is 143 cm³/mol. The lowest BCUT2D eigenvalue weighted by Crippen LogP contribution is -2.51. The Balaban J connectivity index is 1.28. The first kappa shape index (κ1) is 25.9. The summed E-state index contributed by atoms with van der Waals surface area (Å²) in [5.74, 6) is -0.192. The Hall–Kier alpha value is -3.78. The van der Waals surface area contributed by atoms with E-state index in [9.17, 15) is 14.7 Å². The normalized spacial score (nSPS) is 20.5. The highest BCUT2D eigenvalue weighted by Crippen LogP contribution is 2.42. The van der Waals surface area contributed by atoms with E-state index in [2.05, 4.69) is 15.5 Å². The van der Waals surface area contributed by atoms with Crippen molar-refractivity contribution in [2.24, 2.45) is 0 Å². The molecule has 2 aliphatic rings. The summed E-state index contributed by atoms with van der Waals surface area (Å²) in [6.07, 6.45) is 2.53. The summed E-state index contributed by atoms with van der Waals surface area (Å²) in [6.45, 7) is 5.96. The number of nitrogens with one attached hydrogen (secondary N) is 1. The van der Waals surface area contributed by atoms with E-state index in [1.54, 1.807) is 30.9 Å². The average Bonchev–Trinajstić information content (AvgIpc) is 3.72. The van der Waals surface area contributed by atoms with Crippen LogP contribution in [0.5, 0.6) is 0 Å². The van der Waals surface area contributed by atoms with Crippen molar-refractivity contribution in [3.05, 3.63) is 83.6 Å². The van der Waals surface area contributed by atoms with Gasteiger partial charge in [0.25, 0.3) is 5.91 Å². The average molecular weight is 515 g/mol. The van der Waals surface area contributed by atoms with Crippen LogP contribution in [-0.2, 0) is 10.3 Å². The molecule has 8 nitrogen and oxygen atoms in total. The van der Waals surface area contributed by atoms with Crippen molar-refractivity contribution in [3.63, 3.8) is 0 Å². The highest BCUT2D eigenvalue weighted by Gasteiger charge is 2.46. The van der Waals surface area contributed by atoms with Gasteiger partial charge in [-0.1, -0.05) is 54.6 Å². The zero-order valence-electron chi connectivity index (χ0n) is 22.1.